The molecule has 2 aromatic carbocycles. The first kappa shape index (κ1) is 11.8. The molecule has 0 unspecified atom stereocenters. The molecule has 0 saturated carbocycles. The monoisotopic (exact) mass is 196 g/mol. The third kappa shape index (κ3) is 2.11. The van der Waals surface area contributed by atoms with E-state index in [0.717, 1.165) is 11.1 Å². The van der Waals surface area contributed by atoms with Crippen LogP contribution in [0, 0.1) is 0 Å². The first-order chi connectivity index (χ1) is 5.38. The lowest BCUT2D eigenvalue weighted by Crippen LogP contribution is -1.84. The lowest BCUT2D eigenvalue weighted by atomic mass is 10.1. The Hall–Kier alpha value is -1.25. The molecule has 0 radical (unpaired) electrons. The van der Waals surface area contributed by atoms with Gasteiger partial charge in [0.25, 0.3) is 0 Å². The van der Waals surface area contributed by atoms with E-state index in [1.807, 2.05) is 30.3 Å². The molecule has 70 valence electrons. The number of rotatable bonds is 0. The zero-order valence-electron chi connectivity index (χ0n) is 7.23. The van der Waals surface area contributed by atoms with Crippen LogP contribution >= 0.6 is 12.4 Å². The van der Waals surface area contributed by atoms with Gasteiger partial charge in [0.15, 0.2) is 0 Å². The summed E-state index contributed by atoms with van der Waals surface area (Å²) in [5.74, 6) is 0. The van der Waals surface area contributed by atoms with Crippen molar-refractivity contribution in [2.75, 3.05) is 5.73 Å². The van der Waals surface area contributed by atoms with Crippen LogP contribution in [-0.4, -0.2) is 0 Å². The molecule has 0 saturated heterocycles. The molecule has 0 amide bonds. The van der Waals surface area contributed by atoms with Crippen LogP contribution in [-0.2, 0) is 0 Å². The molecule has 0 bridgehead atoms. The van der Waals surface area contributed by atoms with Crippen molar-refractivity contribution in [2.24, 2.45) is 0 Å². The van der Waals surface area contributed by atoms with Crippen LogP contribution in [0.25, 0.3) is 10.8 Å². The molecule has 0 aliphatic carbocycles. The van der Waals surface area contributed by atoms with Crippen molar-refractivity contribution in [2.45, 2.75) is 0 Å². The van der Waals surface area contributed by atoms with Crippen molar-refractivity contribution >= 4 is 28.9 Å². The molecule has 0 heterocycles. The van der Waals surface area contributed by atoms with E-state index in [-0.39, 0.29) is 18.6 Å². The van der Waals surface area contributed by atoms with Gasteiger partial charge in [-0.3, -0.25) is 0 Å². The van der Waals surface area contributed by atoms with Gasteiger partial charge in [-0.05, 0) is 11.5 Å². The maximum absolute atomic E-state index is 5.76. The topological polar surface area (TPSA) is 61.0 Å². The second kappa shape index (κ2) is 4.70. The lowest BCUT2D eigenvalue weighted by molar-refractivity contribution is 1.73. The highest BCUT2D eigenvalue weighted by Gasteiger charge is 1.92. The summed E-state index contributed by atoms with van der Waals surface area (Å²) >= 11 is 0. The van der Waals surface area contributed by atoms with Gasteiger partial charge in [-0.25, -0.2) is 0 Å². The standard InChI is InChI=1S/C10H9N.ClH.H3N/c11-10-7-3-5-8-4-1-2-6-9(8)10;;/h1-7H,11H2;1H;1H3. The molecule has 0 atom stereocenters. The molecule has 0 aliphatic heterocycles. The van der Waals surface area contributed by atoms with E-state index in [9.17, 15) is 0 Å². The summed E-state index contributed by atoms with van der Waals surface area (Å²) in [6.07, 6.45) is 0. The SMILES string of the molecule is Cl.N.Nc1cccc2ccccc12. The van der Waals surface area contributed by atoms with Crippen LogP contribution in [0.2, 0.25) is 0 Å². The second-order valence-corrected chi connectivity index (χ2v) is 2.57. The van der Waals surface area contributed by atoms with Crippen molar-refractivity contribution in [1.82, 2.24) is 6.15 Å². The van der Waals surface area contributed by atoms with Crippen molar-refractivity contribution in [3.05, 3.63) is 42.5 Å². The van der Waals surface area contributed by atoms with Gasteiger partial charge in [0.1, 0.15) is 0 Å². The molecule has 13 heavy (non-hydrogen) atoms. The van der Waals surface area contributed by atoms with Crippen molar-refractivity contribution < 1.29 is 0 Å². The average molecular weight is 197 g/mol. The first-order valence-corrected chi connectivity index (χ1v) is 3.61. The Balaban J connectivity index is 0.000000720. The van der Waals surface area contributed by atoms with Crippen molar-refractivity contribution in [1.29, 1.82) is 0 Å². The summed E-state index contributed by atoms with van der Waals surface area (Å²) in [6, 6.07) is 14.1. The number of nitrogens with two attached hydrogens (primary N) is 1. The Kier molecular flexibility index (Phi) is 4.25. The smallest absolute Gasteiger partial charge is 0.0393 e. The average Bonchev–Trinajstić information content (AvgIpc) is 2.06. The Bertz CT molecular complexity index is 382. The Morgan fingerprint density at radius 3 is 2.15 bits per heavy atom. The molecule has 0 spiro atoms. The van der Waals surface area contributed by atoms with E-state index in [1.165, 1.54) is 5.39 Å². The van der Waals surface area contributed by atoms with Crippen LogP contribution in [0.15, 0.2) is 42.5 Å². The summed E-state index contributed by atoms with van der Waals surface area (Å²) in [5.41, 5.74) is 6.61. The summed E-state index contributed by atoms with van der Waals surface area (Å²) < 4.78 is 0. The van der Waals surface area contributed by atoms with Crippen LogP contribution in [0.3, 0.4) is 0 Å². The molecule has 2 nitrogen and oxygen atoms in total. The largest absolute Gasteiger partial charge is 0.398 e. The van der Waals surface area contributed by atoms with Crippen LogP contribution in [0.1, 0.15) is 0 Å². The van der Waals surface area contributed by atoms with Gasteiger partial charge in [-0.15, -0.1) is 12.4 Å². The lowest BCUT2D eigenvalue weighted by Gasteiger charge is -1.98. The summed E-state index contributed by atoms with van der Waals surface area (Å²) in [4.78, 5) is 0. The Morgan fingerprint density at radius 1 is 0.846 bits per heavy atom. The highest BCUT2D eigenvalue weighted by atomic mass is 35.5. The number of hydrogen-bond donors (Lipinski definition) is 2. The minimum Gasteiger partial charge on any atom is -0.398 e. The molecule has 3 heteroatoms. The van der Waals surface area contributed by atoms with Gasteiger partial charge in [0.05, 0.1) is 0 Å². The fraction of sp³-hybridized carbons (Fsp3) is 0. The van der Waals surface area contributed by atoms with Crippen molar-refractivity contribution in [3.63, 3.8) is 0 Å². The zero-order valence-corrected chi connectivity index (χ0v) is 8.05. The Morgan fingerprint density at radius 2 is 1.46 bits per heavy atom. The van der Waals surface area contributed by atoms with Gasteiger partial charge in [-0.1, -0.05) is 36.4 Å². The predicted octanol–water partition coefficient (Wildman–Crippen LogP) is 3.01. The molecule has 5 N–H and O–H groups in total. The quantitative estimate of drug-likeness (QED) is 0.637. The molecular formula is C10H13ClN2. The van der Waals surface area contributed by atoms with E-state index in [4.69, 9.17) is 5.73 Å². The summed E-state index contributed by atoms with van der Waals surface area (Å²) in [6.45, 7) is 0. The second-order valence-electron chi connectivity index (χ2n) is 2.57. The zero-order chi connectivity index (χ0) is 7.68. The molecular weight excluding hydrogens is 184 g/mol. The maximum atomic E-state index is 5.76. The normalized spacial score (nSPS) is 8.62. The number of hydrogen-bond acceptors (Lipinski definition) is 2. The van der Waals surface area contributed by atoms with E-state index in [1.54, 1.807) is 0 Å². The highest BCUT2D eigenvalue weighted by Crippen LogP contribution is 2.19. The van der Waals surface area contributed by atoms with Gasteiger partial charge in [0, 0.05) is 11.1 Å². The predicted molar refractivity (Wildman–Crippen MR) is 60.6 cm³/mol. The number of halogens is 1. The van der Waals surface area contributed by atoms with Crippen molar-refractivity contribution in [3.8, 4) is 0 Å². The minimum absolute atomic E-state index is 0. The van der Waals surface area contributed by atoms with Gasteiger partial charge >= 0.3 is 0 Å². The number of fused-ring (bicyclic) bond motifs is 1. The number of anilines is 1. The highest BCUT2D eigenvalue weighted by molar-refractivity contribution is 5.92. The number of benzene rings is 2. The summed E-state index contributed by atoms with van der Waals surface area (Å²) in [7, 11) is 0. The molecule has 2 aromatic rings. The molecule has 0 aliphatic rings. The van der Waals surface area contributed by atoms with Crippen LogP contribution < -0.4 is 11.9 Å². The van der Waals surface area contributed by atoms with Gasteiger partial charge in [0.2, 0.25) is 0 Å². The molecule has 2 rings (SSSR count). The van der Waals surface area contributed by atoms with E-state index in [0.29, 0.717) is 0 Å². The molecule has 0 fully saturated rings. The maximum Gasteiger partial charge on any atom is 0.0393 e. The van der Waals surface area contributed by atoms with Crippen LogP contribution in [0.5, 0.6) is 0 Å². The van der Waals surface area contributed by atoms with E-state index in [2.05, 4.69) is 12.1 Å². The third-order valence-electron chi connectivity index (χ3n) is 1.82. The van der Waals surface area contributed by atoms with E-state index < -0.39 is 0 Å². The fourth-order valence-corrected chi connectivity index (χ4v) is 1.25. The fourth-order valence-electron chi connectivity index (χ4n) is 1.25. The Labute approximate surface area is 83.7 Å². The van der Waals surface area contributed by atoms with Gasteiger partial charge in [-0.2, -0.15) is 0 Å². The summed E-state index contributed by atoms with van der Waals surface area (Å²) in [5, 5.41) is 2.34. The van der Waals surface area contributed by atoms with Gasteiger partial charge < -0.3 is 11.9 Å². The number of nitrogen functional groups attached to an aromatic ring is 1. The first-order valence-electron chi connectivity index (χ1n) is 3.61. The van der Waals surface area contributed by atoms with Crippen LogP contribution in [0.4, 0.5) is 5.69 Å². The van der Waals surface area contributed by atoms with E-state index >= 15 is 0 Å². The third-order valence-corrected chi connectivity index (χ3v) is 1.82. The molecule has 0 aromatic heterocycles. The minimum atomic E-state index is 0.